The Labute approximate surface area is 94.0 Å². The average molecular weight is 226 g/mol. The van der Waals surface area contributed by atoms with Gasteiger partial charge in [0.25, 0.3) is 5.95 Å². The number of nitrogens with zero attached hydrogens (tertiary/aromatic N) is 2. The minimum atomic E-state index is -0.615. The number of pyridine rings is 1. The van der Waals surface area contributed by atoms with Crippen LogP contribution in [0.25, 0.3) is 0 Å². The second kappa shape index (κ2) is 4.65. The van der Waals surface area contributed by atoms with Crippen molar-refractivity contribution in [1.82, 2.24) is 9.88 Å². The number of likely N-dealkylation sites (tertiary alicyclic amines) is 1. The summed E-state index contributed by atoms with van der Waals surface area (Å²) in [5.74, 6) is 0.0358. The fraction of sp³-hybridized carbons (Fsp3) is 0.545. The molecule has 16 heavy (non-hydrogen) atoms. The molecule has 1 atom stereocenters. The van der Waals surface area contributed by atoms with Crippen molar-refractivity contribution in [3.63, 3.8) is 0 Å². The first-order chi connectivity index (χ1) is 7.70. The summed E-state index contributed by atoms with van der Waals surface area (Å²) in [5, 5.41) is 0. The summed E-state index contributed by atoms with van der Waals surface area (Å²) in [6.07, 6.45) is 2.51. The van der Waals surface area contributed by atoms with E-state index < -0.39 is 5.95 Å². The molecule has 0 N–H and O–H groups in total. The molecule has 1 aromatic rings. The van der Waals surface area contributed by atoms with Crippen LogP contribution in [-0.2, 0) is 0 Å². The third-order valence-corrected chi connectivity index (χ3v) is 2.88. The molecule has 1 fully saturated rings. The van der Waals surface area contributed by atoms with E-state index in [4.69, 9.17) is 9.47 Å². The molecule has 0 bridgehead atoms. The Morgan fingerprint density at radius 2 is 2.44 bits per heavy atom. The van der Waals surface area contributed by atoms with Crippen molar-refractivity contribution < 1.29 is 13.9 Å². The first-order valence-electron chi connectivity index (χ1n) is 5.23. The first-order valence-corrected chi connectivity index (χ1v) is 5.23. The highest BCUT2D eigenvalue weighted by atomic mass is 19.1. The smallest absolute Gasteiger partial charge is 0.255 e. The normalized spacial score (nSPS) is 20.3. The molecule has 0 aliphatic carbocycles. The van der Waals surface area contributed by atoms with Gasteiger partial charge in [0, 0.05) is 12.1 Å². The second-order valence-electron chi connectivity index (χ2n) is 3.90. The molecule has 1 aliphatic heterocycles. The van der Waals surface area contributed by atoms with E-state index in [1.807, 2.05) is 0 Å². The predicted octanol–water partition coefficient (Wildman–Crippen LogP) is 1.31. The van der Waals surface area contributed by atoms with Gasteiger partial charge in [-0.15, -0.1) is 0 Å². The van der Waals surface area contributed by atoms with E-state index >= 15 is 0 Å². The summed E-state index contributed by atoms with van der Waals surface area (Å²) < 4.78 is 23.4. The van der Waals surface area contributed by atoms with Crippen molar-refractivity contribution in [2.24, 2.45) is 0 Å². The van der Waals surface area contributed by atoms with Crippen LogP contribution in [0.5, 0.6) is 11.5 Å². The molecule has 0 spiro atoms. The average Bonchev–Trinajstić information content (AvgIpc) is 2.29. The zero-order valence-corrected chi connectivity index (χ0v) is 9.44. The molecule has 2 heterocycles. The minimum Gasteiger partial charge on any atom is -0.492 e. The summed E-state index contributed by atoms with van der Waals surface area (Å²) in [6.45, 7) is 1.71. The Bertz CT molecular complexity index is 373. The molecular formula is C11H15FN2O2. The number of likely N-dealkylation sites (N-methyl/N-ethyl adjacent to an activating group) is 1. The number of halogens is 1. The minimum absolute atomic E-state index is 0.111. The van der Waals surface area contributed by atoms with Crippen LogP contribution in [0.4, 0.5) is 4.39 Å². The van der Waals surface area contributed by atoms with Gasteiger partial charge in [0.2, 0.25) is 0 Å². The van der Waals surface area contributed by atoms with E-state index in [9.17, 15) is 4.39 Å². The van der Waals surface area contributed by atoms with E-state index in [-0.39, 0.29) is 5.75 Å². The molecule has 5 heteroatoms. The monoisotopic (exact) mass is 226 g/mol. The fourth-order valence-electron chi connectivity index (χ4n) is 1.60. The van der Waals surface area contributed by atoms with E-state index in [1.165, 1.54) is 19.4 Å². The second-order valence-corrected chi connectivity index (χ2v) is 3.90. The summed E-state index contributed by atoms with van der Waals surface area (Å²) in [7, 11) is 3.46. The van der Waals surface area contributed by atoms with Crippen molar-refractivity contribution >= 4 is 0 Å². The van der Waals surface area contributed by atoms with E-state index in [0.717, 1.165) is 13.0 Å². The van der Waals surface area contributed by atoms with Gasteiger partial charge < -0.3 is 9.47 Å². The highest BCUT2D eigenvalue weighted by Gasteiger charge is 2.24. The van der Waals surface area contributed by atoms with Crippen LogP contribution in [-0.4, -0.2) is 43.2 Å². The Morgan fingerprint density at radius 1 is 1.62 bits per heavy atom. The zero-order chi connectivity index (χ0) is 11.5. The molecule has 0 unspecified atom stereocenters. The Kier molecular flexibility index (Phi) is 3.24. The van der Waals surface area contributed by atoms with Gasteiger partial charge in [-0.25, -0.2) is 4.98 Å². The fourth-order valence-corrected chi connectivity index (χ4v) is 1.60. The number of aromatic nitrogens is 1. The SMILES string of the molecule is COc1cc(OC[C@@H]2CCN2C)cnc1F. The summed E-state index contributed by atoms with van der Waals surface area (Å²) in [5.41, 5.74) is 0. The highest BCUT2D eigenvalue weighted by Crippen LogP contribution is 2.22. The van der Waals surface area contributed by atoms with Crippen molar-refractivity contribution in [3.05, 3.63) is 18.2 Å². The molecule has 88 valence electrons. The maximum Gasteiger partial charge on any atom is 0.255 e. The third kappa shape index (κ3) is 2.24. The number of methoxy groups -OCH3 is 1. The van der Waals surface area contributed by atoms with E-state index in [0.29, 0.717) is 18.4 Å². The van der Waals surface area contributed by atoms with E-state index in [1.54, 1.807) is 0 Å². The molecule has 0 aromatic carbocycles. The third-order valence-electron chi connectivity index (χ3n) is 2.88. The number of hydrogen-bond donors (Lipinski definition) is 0. The Balaban J connectivity index is 1.93. The zero-order valence-electron chi connectivity index (χ0n) is 9.44. The van der Waals surface area contributed by atoms with Crippen LogP contribution >= 0.6 is 0 Å². The van der Waals surface area contributed by atoms with E-state index in [2.05, 4.69) is 16.9 Å². The summed E-state index contributed by atoms with van der Waals surface area (Å²) in [4.78, 5) is 5.78. The van der Waals surface area contributed by atoms with Gasteiger partial charge in [0.1, 0.15) is 12.4 Å². The van der Waals surface area contributed by atoms with Gasteiger partial charge in [-0.2, -0.15) is 4.39 Å². The maximum atomic E-state index is 13.0. The molecule has 2 rings (SSSR count). The van der Waals surface area contributed by atoms with Crippen molar-refractivity contribution in [3.8, 4) is 11.5 Å². The van der Waals surface area contributed by atoms with Gasteiger partial charge in [0.05, 0.1) is 13.3 Å². The molecular weight excluding hydrogens is 211 g/mol. The molecule has 0 radical (unpaired) electrons. The van der Waals surface area contributed by atoms with Crippen LogP contribution in [0, 0.1) is 5.95 Å². The van der Waals surface area contributed by atoms with Gasteiger partial charge >= 0.3 is 0 Å². The predicted molar refractivity (Wildman–Crippen MR) is 57.3 cm³/mol. The molecule has 0 saturated carbocycles. The van der Waals surface area contributed by atoms with Crippen LogP contribution < -0.4 is 9.47 Å². The molecule has 1 aromatic heterocycles. The lowest BCUT2D eigenvalue weighted by Gasteiger charge is -2.37. The van der Waals surface area contributed by atoms with Crippen molar-refractivity contribution in [2.75, 3.05) is 27.3 Å². The van der Waals surface area contributed by atoms with Gasteiger partial charge in [0.15, 0.2) is 5.75 Å². The molecule has 1 saturated heterocycles. The quantitative estimate of drug-likeness (QED) is 0.725. The lowest BCUT2D eigenvalue weighted by Crippen LogP contribution is -2.48. The molecule has 1 aliphatic rings. The van der Waals surface area contributed by atoms with Crippen molar-refractivity contribution in [1.29, 1.82) is 0 Å². The topological polar surface area (TPSA) is 34.6 Å². The number of hydrogen-bond acceptors (Lipinski definition) is 4. The Hall–Kier alpha value is -1.36. The lowest BCUT2D eigenvalue weighted by atomic mass is 10.1. The van der Waals surface area contributed by atoms with Crippen LogP contribution in [0.2, 0.25) is 0 Å². The summed E-state index contributed by atoms with van der Waals surface area (Å²) in [6, 6.07) is 1.97. The number of ether oxygens (including phenoxy) is 2. The Morgan fingerprint density at radius 3 is 3.00 bits per heavy atom. The standard InChI is InChI=1S/C11H15FN2O2/c1-14-4-3-8(14)7-16-9-5-10(15-2)11(12)13-6-9/h5-6,8H,3-4,7H2,1-2H3/t8-/m0/s1. The number of rotatable bonds is 4. The van der Waals surface area contributed by atoms with Crippen LogP contribution in [0.1, 0.15) is 6.42 Å². The molecule has 0 amide bonds. The summed E-state index contributed by atoms with van der Waals surface area (Å²) >= 11 is 0. The van der Waals surface area contributed by atoms with Gasteiger partial charge in [-0.3, -0.25) is 4.90 Å². The highest BCUT2D eigenvalue weighted by molar-refractivity contribution is 5.29. The van der Waals surface area contributed by atoms with Crippen molar-refractivity contribution in [2.45, 2.75) is 12.5 Å². The van der Waals surface area contributed by atoms with Crippen LogP contribution in [0.3, 0.4) is 0 Å². The first kappa shape index (κ1) is 11.1. The lowest BCUT2D eigenvalue weighted by molar-refractivity contribution is 0.0765. The van der Waals surface area contributed by atoms with Gasteiger partial charge in [-0.05, 0) is 20.0 Å². The van der Waals surface area contributed by atoms with Gasteiger partial charge in [-0.1, -0.05) is 0 Å². The largest absolute Gasteiger partial charge is 0.492 e. The molecule has 4 nitrogen and oxygen atoms in total. The maximum absolute atomic E-state index is 13.0. The van der Waals surface area contributed by atoms with Crippen LogP contribution in [0.15, 0.2) is 12.3 Å².